The Morgan fingerprint density at radius 3 is 2.43 bits per heavy atom. The van der Waals surface area contributed by atoms with Gasteiger partial charge in [-0.3, -0.25) is 0 Å². The van der Waals surface area contributed by atoms with Gasteiger partial charge in [0.1, 0.15) is 5.75 Å². The van der Waals surface area contributed by atoms with E-state index in [9.17, 15) is 5.11 Å². The van der Waals surface area contributed by atoms with Crippen molar-refractivity contribution in [3.8, 4) is 5.75 Å². The van der Waals surface area contributed by atoms with Crippen LogP contribution in [0.1, 0.15) is 31.1 Å². The Morgan fingerprint density at radius 2 is 1.86 bits per heavy atom. The molecule has 2 aromatic carbocycles. The predicted octanol–water partition coefficient (Wildman–Crippen LogP) is 3.78. The summed E-state index contributed by atoms with van der Waals surface area (Å²) in [6, 6.07) is 16.2. The zero-order valence-corrected chi connectivity index (χ0v) is 12.9. The van der Waals surface area contributed by atoms with E-state index in [0.29, 0.717) is 0 Å². The molecule has 3 nitrogen and oxygen atoms in total. The third-order valence-electron chi connectivity index (χ3n) is 3.65. The lowest BCUT2D eigenvalue weighted by molar-refractivity contribution is 0.199. The van der Waals surface area contributed by atoms with Crippen molar-refractivity contribution in [2.45, 2.75) is 26.5 Å². The Hall–Kier alpha value is -2.00. The maximum Gasteiger partial charge on any atom is 0.123 e. The van der Waals surface area contributed by atoms with Gasteiger partial charge in [-0.1, -0.05) is 24.3 Å². The fraction of sp³-hybridized carbons (Fsp3) is 0.333. The minimum absolute atomic E-state index is 0.471. The first-order valence-corrected chi connectivity index (χ1v) is 7.30. The number of anilines is 1. The van der Waals surface area contributed by atoms with Crippen molar-refractivity contribution < 1.29 is 9.84 Å². The Morgan fingerprint density at radius 1 is 1.14 bits per heavy atom. The third kappa shape index (κ3) is 3.76. The van der Waals surface area contributed by atoms with Gasteiger partial charge in [-0.2, -0.15) is 0 Å². The van der Waals surface area contributed by atoms with Crippen LogP contribution in [0.4, 0.5) is 5.69 Å². The average molecular weight is 285 g/mol. The van der Waals surface area contributed by atoms with Gasteiger partial charge >= 0.3 is 0 Å². The number of ether oxygens (including phenoxy) is 1. The van der Waals surface area contributed by atoms with E-state index >= 15 is 0 Å². The van der Waals surface area contributed by atoms with Crippen LogP contribution in [-0.4, -0.2) is 18.8 Å². The Kier molecular flexibility index (Phi) is 5.23. The van der Waals surface area contributed by atoms with Crippen molar-refractivity contribution >= 4 is 5.69 Å². The second-order valence-electron chi connectivity index (χ2n) is 5.10. The molecule has 1 unspecified atom stereocenters. The van der Waals surface area contributed by atoms with Gasteiger partial charge in [0.25, 0.3) is 0 Å². The molecule has 0 spiro atoms. The third-order valence-corrected chi connectivity index (χ3v) is 3.65. The van der Waals surface area contributed by atoms with Crippen LogP contribution in [-0.2, 0) is 6.54 Å². The van der Waals surface area contributed by atoms with E-state index < -0.39 is 6.10 Å². The molecule has 0 aromatic heterocycles. The smallest absolute Gasteiger partial charge is 0.123 e. The molecule has 0 aliphatic carbocycles. The van der Waals surface area contributed by atoms with Crippen molar-refractivity contribution in [2.24, 2.45) is 0 Å². The quantitative estimate of drug-likeness (QED) is 0.877. The van der Waals surface area contributed by atoms with Crippen molar-refractivity contribution in [3.63, 3.8) is 0 Å². The van der Waals surface area contributed by atoms with Crippen molar-refractivity contribution in [2.75, 3.05) is 18.6 Å². The summed E-state index contributed by atoms with van der Waals surface area (Å²) < 4.78 is 5.45. The molecule has 112 valence electrons. The van der Waals surface area contributed by atoms with Gasteiger partial charge in [-0.25, -0.2) is 0 Å². The Balaban J connectivity index is 2.30. The fourth-order valence-corrected chi connectivity index (χ4v) is 2.41. The summed E-state index contributed by atoms with van der Waals surface area (Å²) in [6.45, 7) is 5.58. The van der Waals surface area contributed by atoms with E-state index in [-0.39, 0.29) is 0 Å². The van der Waals surface area contributed by atoms with Crippen molar-refractivity contribution in [3.05, 3.63) is 59.7 Å². The van der Waals surface area contributed by atoms with E-state index in [0.717, 1.165) is 30.0 Å². The first kappa shape index (κ1) is 15.4. The van der Waals surface area contributed by atoms with Gasteiger partial charge in [0.2, 0.25) is 0 Å². The summed E-state index contributed by atoms with van der Waals surface area (Å²) >= 11 is 0. The highest BCUT2D eigenvalue weighted by Crippen LogP contribution is 2.26. The lowest BCUT2D eigenvalue weighted by Gasteiger charge is -2.24. The van der Waals surface area contributed by atoms with Crippen LogP contribution < -0.4 is 9.64 Å². The summed E-state index contributed by atoms with van der Waals surface area (Å²) in [6.07, 6.45) is -0.471. The molecule has 0 aliphatic heterocycles. The molecular formula is C18H23NO2. The maximum absolute atomic E-state index is 9.77. The zero-order valence-electron chi connectivity index (χ0n) is 12.9. The predicted molar refractivity (Wildman–Crippen MR) is 86.8 cm³/mol. The highest BCUT2D eigenvalue weighted by atomic mass is 16.5. The molecule has 1 atom stereocenters. The lowest BCUT2D eigenvalue weighted by Crippen LogP contribution is -2.22. The minimum Gasteiger partial charge on any atom is -0.496 e. The number of aliphatic hydroxyl groups excluding tert-OH is 1. The van der Waals surface area contributed by atoms with E-state index in [1.165, 1.54) is 5.69 Å². The molecule has 0 bridgehead atoms. The number of hydrogen-bond acceptors (Lipinski definition) is 3. The number of hydrogen-bond donors (Lipinski definition) is 1. The number of aliphatic hydroxyl groups is 1. The van der Waals surface area contributed by atoms with E-state index in [2.05, 4.69) is 24.0 Å². The summed E-state index contributed by atoms with van der Waals surface area (Å²) in [4.78, 5) is 2.28. The number of benzene rings is 2. The van der Waals surface area contributed by atoms with Crippen LogP contribution in [0, 0.1) is 0 Å². The summed E-state index contributed by atoms with van der Waals surface area (Å²) in [7, 11) is 1.68. The first-order valence-electron chi connectivity index (χ1n) is 7.30. The molecule has 21 heavy (non-hydrogen) atoms. The van der Waals surface area contributed by atoms with Crippen molar-refractivity contribution in [1.82, 2.24) is 0 Å². The normalized spacial score (nSPS) is 12.0. The van der Waals surface area contributed by atoms with Crippen LogP contribution >= 0.6 is 0 Å². The van der Waals surface area contributed by atoms with Crippen LogP contribution in [0.15, 0.2) is 48.5 Å². The molecule has 3 heteroatoms. The van der Waals surface area contributed by atoms with E-state index in [4.69, 9.17) is 4.74 Å². The summed E-state index contributed by atoms with van der Waals surface area (Å²) in [5, 5.41) is 9.77. The van der Waals surface area contributed by atoms with Gasteiger partial charge in [-0.05, 0) is 43.7 Å². The SMILES string of the molecule is CCN(Cc1cc(C(C)O)ccc1OC)c1ccccc1. The second-order valence-corrected chi connectivity index (χ2v) is 5.10. The van der Waals surface area contributed by atoms with Crippen LogP contribution in [0.3, 0.4) is 0 Å². The molecule has 0 fully saturated rings. The van der Waals surface area contributed by atoms with Gasteiger partial charge < -0.3 is 14.7 Å². The maximum atomic E-state index is 9.77. The van der Waals surface area contributed by atoms with Gasteiger partial charge in [0.05, 0.1) is 13.2 Å². The Labute approximate surface area is 126 Å². The van der Waals surface area contributed by atoms with Crippen LogP contribution in [0.5, 0.6) is 5.75 Å². The lowest BCUT2D eigenvalue weighted by atomic mass is 10.1. The molecule has 0 amide bonds. The molecule has 0 heterocycles. The summed E-state index contributed by atoms with van der Waals surface area (Å²) in [5.74, 6) is 0.855. The number of methoxy groups -OCH3 is 1. The molecular weight excluding hydrogens is 262 g/mol. The summed E-state index contributed by atoms with van der Waals surface area (Å²) in [5.41, 5.74) is 3.18. The second kappa shape index (κ2) is 7.14. The standard InChI is InChI=1S/C18H23NO2/c1-4-19(17-8-6-5-7-9-17)13-16-12-15(14(2)20)10-11-18(16)21-3/h5-12,14,20H,4,13H2,1-3H3. The highest BCUT2D eigenvalue weighted by molar-refractivity contribution is 5.48. The van der Waals surface area contributed by atoms with Gasteiger partial charge in [0, 0.05) is 24.3 Å². The van der Waals surface area contributed by atoms with Crippen LogP contribution in [0.25, 0.3) is 0 Å². The monoisotopic (exact) mass is 285 g/mol. The highest BCUT2D eigenvalue weighted by Gasteiger charge is 2.11. The van der Waals surface area contributed by atoms with Crippen LogP contribution in [0.2, 0.25) is 0 Å². The Bertz CT molecular complexity index is 567. The molecule has 0 saturated heterocycles. The molecule has 1 N–H and O–H groups in total. The first-order chi connectivity index (χ1) is 10.2. The largest absolute Gasteiger partial charge is 0.496 e. The minimum atomic E-state index is -0.471. The van der Waals surface area contributed by atoms with E-state index in [1.54, 1.807) is 14.0 Å². The number of rotatable bonds is 6. The topological polar surface area (TPSA) is 32.7 Å². The number of para-hydroxylation sites is 1. The molecule has 0 aliphatic rings. The molecule has 0 radical (unpaired) electrons. The molecule has 0 saturated carbocycles. The number of nitrogens with zero attached hydrogens (tertiary/aromatic N) is 1. The molecule has 2 rings (SSSR count). The van der Waals surface area contributed by atoms with E-state index in [1.807, 2.05) is 36.4 Å². The van der Waals surface area contributed by atoms with Crippen molar-refractivity contribution in [1.29, 1.82) is 0 Å². The average Bonchev–Trinajstić information content (AvgIpc) is 2.53. The fourth-order valence-electron chi connectivity index (χ4n) is 2.41. The van der Waals surface area contributed by atoms with Gasteiger partial charge in [0.15, 0.2) is 0 Å². The zero-order chi connectivity index (χ0) is 15.2. The molecule has 2 aromatic rings. The van der Waals surface area contributed by atoms with Gasteiger partial charge in [-0.15, -0.1) is 0 Å².